The zero-order valence-corrected chi connectivity index (χ0v) is 9.50. The SMILES string of the molecule is CC(=O)Nc1ccc(SC(F)(F)F)c(C)c1. The lowest BCUT2D eigenvalue weighted by atomic mass is 10.2. The lowest BCUT2D eigenvalue weighted by Crippen LogP contribution is -2.06. The van der Waals surface area contributed by atoms with Crippen LogP contribution in [0.2, 0.25) is 0 Å². The molecule has 16 heavy (non-hydrogen) atoms. The van der Waals surface area contributed by atoms with Crippen molar-refractivity contribution < 1.29 is 18.0 Å². The second kappa shape index (κ2) is 4.78. The minimum atomic E-state index is -4.29. The predicted molar refractivity (Wildman–Crippen MR) is 57.4 cm³/mol. The third-order valence-electron chi connectivity index (χ3n) is 1.72. The van der Waals surface area contributed by atoms with Gasteiger partial charge in [0.2, 0.25) is 5.91 Å². The van der Waals surface area contributed by atoms with Crippen molar-refractivity contribution in [1.82, 2.24) is 0 Å². The second-order valence-electron chi connectivity index (χ2n) is 3.21. The first-order valence-electron chi connectivity index (χ1n) is 4.42. The van der Waals surface area contributed by atoms with E-state index in [2.05, 4.69) is 5.32 Å². The van der Waals surface area contributed by atoms with Crippen LogP contribution >= 0.6 is 11.8 Å². The van der Waals surface area contributed by atoms with E-state index >= 15 is 0 Å². The third kappa shape index (κ3) is 4.14. The molecule has 0 fully saturated rings. The fourth-order valence-electron chi connectivity index (χ4n) is 1.17. The molecule has 0 atom stereocenters. The van der Waals surface area contributed by atoms with Crippen LogP contribution in [0.4, 0.5) is 18.9 Å². The molecule has 0 aliphatic heterocycles. The summed E-state index contributed by atoms with van der Waals surface area (Å²) in [6.45, 7) is 2.91. The first-order valence-corrected chi connectivity index (χ1v) is 5.23. The molecule has 1 N–H and O–H groups in total. The molecule has 0 aromatic heterocycles. The maximum absolute atomic E-state index is 12.1. The molecule has 6 heteroatoms. The summed E-state index contributed by atoms with van der Waals surface area (Å²) in [5.41, 5.74) is -3.31. The van der Waals surface area contributed by atoms with Crippen LogP contribution in [0, 0.1) is 6.92 Å². The standard InChI is InChI=1S/C10H10F3NOS/c1-6-5-8(14-7(2)15)3-4-9(6)16-10(11,12)13/h3-5H,1-2H3,(H,14,15). The largest absolute Gasteiger partial charge is 0.446 e. The number of benzene rings is 1. The minimum absolute atomic E-state index is 0.140. The number of amides is 1. The Hall–Kier alpha value is -1.17. The number of alkyl halides is 3. The van der Waals surface area contributed by atoms with Crippen LogP contribution in [0.15, 0.2) is 23.1 Å². The molecular weight excluding hydrogens is 239 g/mol. The van der Waals surface area contributed by atoms with Gasteiger partial charge in [0.05, 0.1) is 0 Å². The van der Waals surface area contributed by atoms with Gasteiger partial charge in [-0.25, -0.2) is 0 Å². The monoisotopic (exact) mass is 249 g/mol. The van der Waals surface area contributed by atoms with Crippen LogP contribution in [0.1, 0.15) is 12.5 Å². The maximum Gasteiger partial charge on any atom is 0.446 e. The van der Waals surface area contributed by atoms with Crippen molar-refractivity contribution in [1.29, 1.82) is 0 Å². The van der Waals surface area contributed by atoms with E-state index in [9.17, 15) is 18.0 Å². The topological polar surface area (TPSA) is 29.1 Å². The molecule has 0 heterocycles. The van der Waals surface area contributed by atoms with E-state index in [0.29, 0.717) is 11.3 Å². The van der Waals surface area contributed by atoms with Crippen LogP contribution in [0.3, 0.4) is 0 Å². The Kier molecular flexibility index (Phi) is 3.85. The highest BCUT2D eigenvalue weighted by Crippen LogP contribution is 2.38. The molecule has 0 aliphatic rings. The number of carbonyl (C=O) groups is 1. The smallest absolute Gasteiger partial charge is 0.326 e. The molecule has 88 valence electrons. The third-order valence-corrected chi connectivity index (χ3v) is 2.63. The van der Waals surface area contributed by atoms with Gasteiger partial charge in [-0.3, -0.25) is 4.79 Å². The van der Waals surface area contributed by atoms with E-state index < -0.39 is 5.51 Å². The van der Waals surface area contributed by atoms with Gasteiger partial charge in [0.1, 0.15) is 0 Å². The van der Waals surface area contributed by atoms with Crippen molar-refractivity contribution in [2.75, 3.05) is 5.32 Å². The van der Waals surface area contributed by atoms with Gasteiger partial charge in [-0.15, -0.1) is 0 Å². The van der Waals surface area contributed by atoms with Crippen molar-refractivity contribution in [2.45, 2.75) is 24.3 Å². The van der Waals surface area contributed by atoms with Gasteiger partial charge in [-0.05, 0) is 42.4 Å². The number of anilines is 1. The molecule has 0 aliphatic carbocycles. The highest BCUT2D eigenvalue weighted by molar-refractivity contribution is 8.00. The fourth-order valence-corrected chi connectivity index (χ4v) is 1.77. The first kappa shape index (κ1) is 12.9. The Balaban J connectivity index is 2.87. The first-order chi connectivity index (χ1) is 7.28. The van der Waals surface area contributed by atoms with E-state index in [0.717, 1.165) is 0 Å². The summed E-state index contributed by atoms with van der Waals surface area (Å²) in [4.78, 5) is 10.9. The number of hydrogen-bond donors (Lipinski definition) is 1. The summed E-state index contributed by atoms with van der Waals surface area (Å²) < 4.78 is 36.4. The number of nitrogens with one attached hydrogen (secondary N) is 1. The molecule has 0 unspecified atom stereocenters. The Labute approximate surface area is 95.2 Å². The molecule has 0 saturated carbocycles. The van der Waals surface area contributed by atoms with Gasteiger partial charge in [-0.1, -0.05) is 0 Å². The Morgan fingerprint density at radius 3 is 2.44 bits per heavy atom. The van der Waals surface area contributed by atoms with Crippen LogP contribution in [-0.4, -0.2) is 11.4 Å². The molecule has 0 bridgehead atoms. The van der Waals surface area contributed by atoms with Crippen molar-refractivity contribution in [3.8, 4) is 0 Å². The molecule has 1 rings (SSSR count). The lowest BCUT2D eigenvalue weighted by Gasteiger charge is -2.10. The van der Waals surface area contributed by atoms with Gasteiger partial charge in [0.15, 0.2) is 0 Å². The van der Waals surface area contributed by atoms with Crippen molar-refractivity contribution in [2.24, 2.45) is 0 Å². The molecule has 1 amide bonds. The molecule has 1 aromatic rings. The molecule has 0 spiro atoms. The summed E-state index contributed by atoms with van der Waals surface area (Å²) in [5, 5.41) is 2.51. The molecule has 2 nitrogen and oxygen atoms in total. The number of thioether (sulfide) groups is 1. The number of aryl methyl sites for hydroxylation is 1. The average Bonchev–Trinajstić information content (AvgIpc) is 2.06. The molecule has 1 aromatic carbocycles. The Morgan fingerprint density at radius 1 is 1.38 bits per heavy atom. The van der Waals surface area contributed by atoms with Crippen molar-refractivity contribution in [3.63, 3.8) is 0 Å². The molecular formula is C10H10F3NOS. The zero-order chi connectivity index (χ0) is 12.3. The van der Waals surface area contributed by atoms with Crippen LogP contribution in [0.25, 0.3) is 0 Å². The quantitative estimate of drug-likeness (QED) is 0.812. The van der Waals surface area contributed by atoms with Gasteiger partial charge in [-0.2, -0.15) is 13.2 Å². The fraction of sp³-hybridized carbons (Fsp3) is 0.300. The summed E-state index contributed by atoms with van der Waals surface area (Å²) in [6, 6.07) is 4.30. The number of hydrogen-bond acceptors (Lipinski definition) is 2. The maximum atomic E-state index is 12.1. The lowest BCUT2D eigenvalue weighted by molar-refractivity contribution is -0.114. The highest BCUT2D eigenvalue weighted by Gasteiger charge is 2.29. The van der Waals surface area contributed by atoms with E-state index in [1.807, 2.05) is 0 Å². The van der Waals surface area contributed by atoms with E-state index in [-0.39, 0.29) is 22.6 Å². The van der Waals surface area contributed by atoms with E-state index in [1.165, 1.54) is 25.1 Å². The van der Waals surface area contributed by atoms with Crippen LogP contribution < -0.4 is 5.32 Å². The summed E-state index contributed by atoms with van der Waals surface area (Å²) >= 11 is -0.158. The predicted octanol–water partition coefficient (Wildman–Crippen LogP) is 3.57. The number of carbonyl (C=O) groups excluding carboxylic acids is 1. The van der Waals surface area contributed by atoms with Gasteiger partial charge >= 0.3 is 5.51 Å². The van der Waals surface area contributed by atoms with E-state index in [1.54, 1.807) is 6.92 Å². The second-order valence-corrected chi connectivity index (χ2v) is 4.32. The van der Waals surface area contributed by atoms with Gasteiger partial charge in [0.25, 0.3) is 0 Å². The molecule has 0 radical (unpaired) electrons. The number of halogens is 3. The van der Waals surface area contributed by atoms with Gasteiger partial charge < -0.3 is 5.32 Å². The summed E-state index contributed by atoms with van der Waals surface area (Å²) in [5.74, 6) is -0.254. The Morgan fingerprint density at radius 2 is 2.00 bits per heavy atom. The summed E-state index contributed by atoms with van der Waals surface area (Å²) in [6.07, 6.45) is 0. The minimum Gasteiger partial charge on any atom is -0.326 e. The zero-order valence-electron chi connectivity index (χ0n) is 8.68. The number of rotatable bonds is 2. The van der Waals surface area contributed by atoms with Crippen LogP contribution in [-0.2, 0) is 4.79 Å². The Bertz CT molecular complexity index is 404. The highest BCUT2D eigenvalue weighted by atomic mass is 32.2. The summed E-state index contributed by atoms with van der Waals surface area (Å²) in [7, 11) is 0. The molecule has 0 saturated heterocycles. The van der Waals surface area contributed by atoms with Crippen molar-refractivity contribution in [3.05, 3.63) is 23.8 Å². The van der Waals surface area contributed by atoms with E-state index in [4.69, 9.17) is 0 Å². The van der Waals surface area contributed by atoms with Gasteiger partial charge in [0, 0.05) is 17.5 Å². The average molecular weight is 249 g/mol. The normalized spacial score (nSPS) is 11.3. The van der Waals surface area contributed by atoms with Crippen LogP contribution in [0.5, 0.6) is 0 Å². The van der Waals surface area contributed by atoms with Crippen molar-refractivity contribution >= 4 is 23.4 Å².